The molecule has 0 aromatic carbocycles. The van der Waals surface area contributed by atoms with Gasteiger partial charge in [-0.2, -0.15) is 0 Å². The zero-order valence-electron chi connectivity index (χ0n) is 24.4. The van der Waals surface area contributed by atoms with Crippen molar-refractivity contribution < 1.29 is 24.5 Å². The van der Waals surface area contributed by atoms with Gasteiger partial charge in [0, 0.05) is 31.1 Å². The minimum atomic E-state index is -0.921. The van der Waals surface area contributed by atoms with Crippen LogP contribution in [0.2, 0.25) is 0 Å². The van der Waals surface area contributed by atoms with Crippen LogP contribution in [0.15, 0.2) is 23.3 Å². The van der Waals surface area contributed by atoms with E-state index in [0.29, 0.717) is 24.2 Å². The third-order valence-corrected chi connectivity index (χ3v) is 12.0. The third-order valence-electron chi connectivity index (χ3n) is 12.0. The molecule has 0 saturated heterocycles. The van der Waals surface area contributed by atoms with Crippen molar-refractivity contribution in [3.05, 3.63) is 23.3 Å². The fraction of sp³-hybridized carbons (Fsp3) is 0.812. The summed E-state index contributed by atoms with van der Waals surface area (Å²) in [5.41, 5.74) is 2.86. The Kier molecular flexibility index (Phi) is 7.20. The molecule has 0 bridgehead atoms. The summed E-state index contributed by atoms with van der Waals surface area (Å²) in [4.78, 5) is 25.5. The molecule has 4 aliphatic carbocycles. The monoisotopic (exact) mass is 514 g/mol. The summed E-state index contributed by atoms with van der Waals surface area (Å²) in [6.07, 6.45) is 4.77. The lowest BCUT2D eigenvalue weighted by Crippen LogP contribution is -2.66. The summed E-state index contributed by atoms with van der Waals surface area (Å²) in [7, 11) is 0. The first-order valence-electron chi connectivity index (χ1n) is 14.4. The predicted molar refractivity (Wildman–Crippen MR) is 146 cm³/mol. The highest BCUT2D eigenvalue weighted by Gasteiger charge is 2.69. The Morgan fingerprint density at radius 2 is 1.73 bits per heavy atom. The molecule has 5 heteroatoms. The highest BCUT2D eigenvalue weighted by molar-refractivity contribution is 5.85. The predicted octanol–water partition coefficient (Wildman–Crippen LogP) is 6.17. The molecule has 0 amide bonds. The zero-order valence-corrected chi connectivity index (χ0v) is 24.4. The minimum Gasteiger partial charge on any atom is -0.462 e. The maximum absolute atomic E-state index is 13.0. The Balaban J connectivity index is 1.77. The second-order valence-electron chi connectivity index (χ2n) is 14.3. The van der Waals surface area contributed by atoms with E-state index in [1.165, 1.54) is 18.1 Å². The maximum atomic E-state index is 13.0. The number of esters is 1. The number of rotatable bonds is 6. The molecule has 208 valence electrons. The van der Waals surface area contributed by atoms with Crippen LogP contribution in [0.4, 0.5) is 0 Å². The maximum Gasteiger partial charge on any atom is 0.302 e. The summed E-state index contributed by atoms with van der Waals surface area (Å²) in [5.74, 6) is 0.732. The van der Waals surface area contributed by atoms with Crippen LogP contribution < -0.4 is 0 Å². The molecule has 4 rings (SSSR count). The summed E-state index contributed by atoms with van der Waals surface area (Å²) < 4.78 is 6.21. The van der Waals surface area contributed by atoms with Crippen LogP contribution in [0.1, 0.15) is 107 Å². The van der Waals surface area contributed by atoms with Gasteiger partial charge in [0.1, 0.15) is 18.0 Å². The number of carbonyl (C=O) groups is 2. The van der Waals surface area contributed by atoms with Crippen molar-refractivity contribution in [1.82, 2.24) is 0 Å². The molecule has 0 aromatic heterocycles. The number of carbonyl (C=O) groups excluding carboxylic acids is 2. The van der Waals surface area contributed by atoms with E-state index >= 15 is 0 Å². The molecule has 3 saturated carbocycles. The lowest BCUT2D eigenvalue weighted by molar-refractivity contribution is -0.217. The van der Waals surface area contributed by atoms with Gasteiger partial charge in [0.15, 0.2) is 0 Å². The van der Waals surface area contributed by atoms with Crippen LogP contribution in [0, 0.1) is 39.4 Å². The van der Waals surface area contributed by atoms with Gasteiger partial charge in [-0.3, -0.25) is 9.59 Å². The van der Waals surface area contributed by atoms with E-state index in [-0.39, 0.29) is 51.5 Å². The number of allylic oxidation sites excluding steroid dienone is 1. The SMILES string of the molecule is C=C(C)C(O)C(O)CC(C)C1=C2CC(OC(C)=O)C3C4(C)CCC(=O)C(C)(C)C4CCC3(C)C2(C)CC1. The van der Waals surface area contributed by atoms with E-state index in [1.54, 1.807) is 6.92 Å². The third kappa shape index (κ3) is 4.18. The average molecular weight is 515 g/mol. The quantitative estimate of drug-likeness (QED) is 0.327. The Labute approximate surface area is 224 Å². The minimum absolute atomic E-state index is 0.0184. The number of fused-ring (bicyclic) bond motifs is 5. The van der Waals surface area contributed by atoms with Crippen molar-refractivity contribution >= 4 is 11.8 Å². The number of aliphatic hydroxyl groups excluding tert-OH is 2. The van der Waals surface area contributed by atoms with Crippen LogP contribution in [-0.2, 0) is 14.3 Å². The summed E-state index contributed by atoms with van der Waals surface area (Å²) in [6, 6.07) is 0. The molecule has 0 aliphatic heterocycles. The molecule has 37 heavy (non-hydrogen) atoms. The van der Waals surface area contributed by atoms with Crippen LogP contribution in [0.25, 0.3) is 0 Å². The van der Waals surface area contributed by atoms with E-state index in [2.05, 4.69) is 48.1 Å². The lowest BCUT2D eigenvalue weighted by atomic mass is 9.36. The van der Waals surface area contributed by atoms with Crippen molar-refractivity contribution in [2.45, 2.75) is 125 Å². The van der Waals surface area contributed by atoms with Gasteiger partial charge in [0.2, 0.25) is 0 Å². The fourth-order valence-electron chi connectivity index (χ4n) is 9.92. The Hall–Kier alpha value is -1.46. The molecule has 0 aromatic rings. The number of ketones is 1. The molecule has 5 nitrogen and oxygen atoms in total. The van der Waals surface area contributed by atoms with E-state index < -0.39 is 12.2 Å². The van der Waals surface area contributed by atoms with Gasteiger partial charge < -0.3 is 14.9 Å². The Morgan fingerprint density at radius 1 is 1.08 bits per heavy atom. The van der Waals surface area contributed by atoms with Crippen molar-refractivity contribution in [2.24, 2.45) is 39.4 Å². The van der Waals surface area contributed by atoms with Crippen molar-refractivity contribution in [2.75, 3.05) is 0 Å². The summed E-state index contributed by atoms with van der Waals surface area (Å²) in [6.45, 7) is 20.8. The fourth-order valence-corrected chi connectivity index (χ4v) is 9.92. The molecule has 2 N–H and O–H groups in total. The standard InChI is InChI=1S/C32H50O5/c1-18(2)27(36)23(34)16-19(3)21-10-14-31(8)22(21)17-24(37-20(4)33)28-30(7)13-12-26(35)29(5,6)25(30)11-15-32(28,31)9/h19,23-25,27-28,34,36H,1,10-17H2,2-9H3. The molecule has 0 heterocycles. The lowest BCUT2D eigenvalue weighted by Gasteiger charge is -2.69. The summed E-state index contributed by atoms with van der Waals surface area (Å²) in [5, 5.41) is 21.1. The normalized spacial score (nSPS) is 41.2. The number of Topliss-reactive ketones (excluding diaryl/α,β-unsaturated/α-hetero) is 1. The second-order valence-corrected chi connectivity index (χ2v) is 14.3. The van der Waals surface area contributed by atoms with Crippen molar-refractivity contribution in [3.8, 4) is 0 Å². The van der Waals surface area contributed by atoms with Gasteiger partial charge in [-0.15, -0.1) is 0 Å². The second kappa shape index (κ2) is 9.33. The van der Waals surface area contributed by atoms with Crippen LogP contribution in [0.5, 0.6) is 0 Å². The first-order chi connectivity index (χ1) is 17.0. The van der Waals surface area contributed by atoms with Crippen molar-refractivity contribution in [1.29, 1.82) is 0 Å². The molecule has 4 aliphatic rings. The number of hydrogen-bond acceptors (Lipinski definition) is 5. The molecule has 3 fully saturated rings. The van der Waals surface area contributed by atoms with Gasteiger partial charge in [-0.05, 0) is 79.1 Å². The van der Waals surface area contributed by atoms with Gasteiger partial charge in [-0.1, -0.05) is 59.3 Å². The van der Waals surface area contributed by atoms with Crippen LogP contribution >= 0.6 is 0 Å². The molecule has 9 atom stereocenters. The van der Waals surface area contributed by atoms with Gasteiger partial charge in [0.25, 0.3) is 0 Å². The topological polar surface area (TPSA) is 83.8 Å². The number of hydrogen-bond donors (Lipinski definition) is 2. The van der Waals surface area contributed by atoms with Gasteiger partial charge >= 0.3 is 5.97 Å². The van der Waals surface area contributed by atoms with Gasteiger partial charge in [0.05, 0.1) is 6.10 Å². The van der Waals surface area contributed by atoms with E-state index in [0.717, 1.165) is 38.5 Å². The molecule has 0 radical (unpaired) electrons. The highest BCUT2D eigenvalue weighted by atomic mass is 16.5. The van der Waals surface area contributed by atoms with Crippen LogP contribution in [0.3, 0.4) is 0 Å². The van der Waals surface area contributed by atoms with Crippen LogP contribution in [-0.4, -0.2) is 40.3 Å². The molecular weight excluding hydrogens is 464 g/mol. The van der Waals surface area contributed by atoms with Crippen molar-refractivity contribution in [3.63, 3.8) is 0 Å². The zero-order chi connectivity index (χ0) is 27.7. The average Bonchev–Trinajstić information content (AvgIpc) is 3.13. The molecule has 0 spiro atoms. The summed E-state index contributed by atoms with van der Waals surface area (Å²) >= 11 is 0. The van der Waals surface area contributed by atoms with Gasteiger partial charge in [-0.25, -0.2) is 0 Å². The smallest absolute Gasteiger partial charge is 0.302 e. The highest BCUT2D eigenvalue weighted by Crippen LogP contribution is 2.74. The van der Waals surface area contributed by atoms with E-state index in [9.17, 15) is 19.8 Å². The number of aliphatic hydroxyl groups is 2. The Morgan fingerprint density at radius 3 is 2.32 bits per heavy atom. The van der Waals surface area contributed by atoms with E-state index in [4.69, 9.17) is 4.74 Å². The first-order valence-corrected chi connectivity index (χ1v) is 14.4. The van der Waals surface area contributed by atoms with E-state index in [1.807, 2.05) is 0 Å². The number of ether oxygens (including phenoxy) is 1. The first kappa shape index (κ1) is 28.5. The Bertz CT molecular complexity index is 1010. The molecule has 9 unspecified atom stereocenters. The molecular formula is C32H50O5. The largest absolute Gasteiger partial charge is 0.462 e.